The van der Waals surface area contributed by atoms with Crippen LogP contribution in [0.15, 0.2) is 54.6 Å². The van der Waals surface area contributed by atoms with Crippen molar-refractivity contribution < 1.29 is 4.79 Å². The van der Waals surface area contributed by atoms with E-state index in [-0.39, 0.29) is 0 Å². The zero-order valence-corrected chi connectivity index (χ0v) is 18.5. The van der Waals surface area contributed by atoms with E-state index < -0.39 is 0 Å². The molecule has 0 bridgehead atoms. The summed E-state index contributed by atoms with van der Waals surface area (Å²) in [6.45, 7) is 11.1. The van der Waals surface area contributed by atoms with Gasteiger partial charge in [0.05, 0.1) is 0 Å². The molecule has 0 amide bonds. The quantitative estimate of drug-likeness (QED) is 0.382. The average molecular weight is 387 g/mol. The molecule has 4 rings (SSSR count). The summed E-state index contributed by atoms with van der Waals surface area (Å²) in [6, 6.07) is 19.9. The number of benzene rings is 3. The maximum atomic E-state index is 12.2. The third kappa shape index (κ3) is 3.61. The Hall–Kier alpha value is -2.15. The minimum absolute atomic E-state index is 0.295. The zero-order valence-electron chi connectivity index (χ0n) is 18.5. The molecule has 0 radical (unpaired) electrons. The minimum Gasteiger partial charge on any atom is -0.300 e. The molecule has 1 aliphatic rings. The number of rotatable bonds is 7. The second-order valence-corrected chi connectivity index (χ2v) is 9.56. The summed E-state index contributed by atoms with van der Waals surface area (Å²) >= 11 is 0. The van der Waals surface area contributed by atoms with E-state index >= 15 is 0 Å². The van der Waals surface area contributed by atoms with Crippen LogP contribution in [0.4, 0.5) is 0 Å². The normalized spacial score (nSPS) is 23.4. The average Bonchev–Trinajstić information content (AvgIpc) is 3.44. The van der Waals surface area contributed by atoms with Crippen molar-refractivity contribution in [3.8, 4) is 0 Å². The molecule has 1 nitrogen and oxygen atoms in total. The lowest BCUT2D eigenvalue weighted by Gasteiger charge is -2.27. The monoisotopic (exact) mass is 386 g/mol. The van der Waals surface area contributed by atoms with Gasteiger partial charge in [0.1, 0.15) is 5.78 Å². The minimum atomic E-state index is 0.295. The molecule has 0 heterocycles. The maximum Gasteiger partial charge on any atom is 0.133 e. The molecule has 1 saturated carbocycles. The van der Waals surface area contributed by atoms with Crippen molar-refractivity contribution in [2.75, 3.05) is 0 Å². The fourth-order valence-electron chi connectivity index (χ4n) is 6.06. The molecule has 0 N–H and O–H groups in total. The second-order valence-electron chi connectivity index (χ2n) is 9.56. The first-order valence-electron chi connectivity index (χ1n) is 11.3. The van der Waals surface area contributed by atoms with E-state index in [1.165, 1.54) is 27.1 Å². The van der Waals surface area contributed by atoms with Gasteiger partial charge in [-0.25, -0.2) is 0 Å². The van der Waals surface area contributed by atoms with Crippen LogP contribution in [0.25, 0.3) is 21.5 Å². The topological polar surface area (TPSA) is 17.1 Å². The van der Waals surface area contributed by atoms with Crippen LogP contribution in [0.5, 0.6) is 0 Å². The van der Waals surface area contributed by atoms with E-state index in [9.17, 15) is 4.79 Å². The van der Waals surface area contributed by atoms with Gasteiger partial charge in [0.15, 0.2) is 0 Å². The molecule has 152 valence electrons. The highest BCUT2D eigenvalue weighted by molar-refractivity contribution is 6.02. The van der Waals surface area contributed by atoms with Crippen molar-refractivity contribution in [2.24, 2.45) is 29.6 Å². The molecule has 0 spiro atoms. The van der Waals surface area contributed by atoms with Crippen molar-refractivity contribution >= 4 is 27.3 Å². The van der Waals surface area contributed by atoms with E-state index in [1.807, 2.05) is 0 Å². The number of Topliss-reactive ketones (excluding diaryl/α,β-unsaturated/α-hetero) is 1. The number of ketones is 1. The van der Waals surface area contributed by atoms with Gasteiger partial charge in [0.25, 0.3) is 0 Å². The third-order valence-electron chi connectivity index (χ3n) is 7.45. The van der Waals surface area contributed by atoms with Gasteiger partial charge < -0.3 is 0 Å². The lowest BCUT2D eigenvalue weighted by atomic mass is 9.78. The molecule has 3 aromatic carbocycles. The first kappa shape index (κ1) is 20.1. The Balaban J connectivity index is 1.74. The third-order valence-corrected chi connectivity index (χ3v) is 7.45. The van der Waals surface area contributed by atoms with Gasteiger partial charge in [-0.3, -0.25) is 4.79 Å². The Kier molecular flexibility index (Phi) is 5.51. The second kappa shape index (κ2) is 7.94. The summed E-state index contributed by atoms with van der Waals surface area (Å²) in [6.07, 6.45) is 2.28. The lowest BCUT2D eigenvalue weighted by Crippen LogP contribution is -2.17. The summed E-state index contributed by atoms with van der Waals surface area (Å²) in [5, 5.41) is 5.42. The van der Waals surface area contributed by atoms with Crippen LogP contribution in [0.2, 0.25) is 0 Å². The number of fused-ring (bicyclic) bond motifs is 2. The van der Waals surface area contributed by atoms with Gasteiger partial charge in [0, 0.05) is 5.92 Å². The molecule has 1 aliphatic carbocycles. The highest BCUT2D eigenvalue weighted by atomic mass is 16.1. The van der Waals surface area contributed by atoms with E-state index in [2.05, 4.69) is 82.3 Å². The number of carbonyl (C=O) groups is 1. The fraction of sp³-hybridized carbons (Fsp3) is 0.464. The highest BCUT2D eigenvalue weighted by Gasteiger charge is 2.55. The van der Waals surface area contributed by atoms with E-state index in [1.54, 1.807) is 6.92 Å². The predicted octanol–water partition coefficient (Wildman–Crippen LogP) is 7.62. The van der Waals surface area contributed by atoms with Crippen molar-refractivity contribution in [3.63, 3.8) is 0 Å². The Labute approximate surface area is 175 Å². The molecule has 1 heteroatoms. The van der Waals surface area contributed by atoms with Crippen LogP contribution in [0.1, 0.15) is 58.9 Å². The van der Waals surface area contributed by atoms with Crippen molar-refractivity contribution in [2.45, 2.75) is 53.4 Å². The van der Waals surface area contributed by atoms with E-state index in [0.717, 1.165) is 12.8 Å². The van der Waals surface area contributed by atoms with Crippen LogP contribution in [0, 0.1) is 29.6 Å². The fourth-order valence-corrected chi connectivity index (χ4v) is 6.06. The summed E-state index contributed by atoms with van der Waals surface area (Å²) in [4.78, 5) is 12.2. The van der Waals surface area contributed by atoms with Crippen LogP contribution < -0.4 is 0 Å². The lowest BCUT2D eigenvalue weighted by molar-refractivity contribution is -0.118. The number of hydrogen-bond donors (Lipinski definition) is 0. The summed E-state index contributed by atoms with van der Waals surface area (Å²) in [5.74, 6) is 3.52. The molecule has 29 heavy (non-hydrogen) atoms. The van der Waals surface area contributed by atoms with Crippen LogP contribution in [-0.2, 0) is 4.79 Å². The Bertz CT molecular complexity index is 977. The van der Waals surface area contributed by atoms with Crippen LogP contribution in [-0.4, -0.2) is 5.78 Å². The Morgan fingerprint density at radius 3 is 1.93 bits per heavy atom. The standard InChI is InChI=1S/C28H34O/c1-6-22-27(19(5)29)28(22)25(17(2)3)15-18(4)26-23-13-9-7-11-20(23)16-21-12-8-10-14-24(21)26/h7-14,16-18,22,25,27-28H,6,15H2,1-5H3/t18?,22?,25-,27?,28?/m1/s1. The van der Waals surface area contributed by atoms with Crippen LogP contribution >= 0.6 is 0 Å². The van der Waals surface area contributed by atoms with E-state index in [0.29, 0.717) is 41.3 Å². The molecule has 0 saturated heterocycles. The van der Waals surface area contributed by atoms with Crippen molar-refractivity contribution in [1.82, 2.24) is 0 Å². The Morgan fingerprint density at radius 1 is 0.931 bits per heavy atom. The van der Waals surface area contributed by atoms with Crippen LogP contribution in [0.3, 0.4) is 0 Å². The predicted molar refractivity (Wildman–Crippen MR) is 124 cm³/mol. The summed E-state index contributed by atoms with van der Waals surface area (Å²) < 4.78 is 0. The van der Waals surface area contributed by atoms with Gasteiger partial charge in [-0.05, 0) is 76.1 Å². The molecule has 4 unspecified atom stereocenters. The van der Waals surface area contributed by atoms with Gasteiger partial charge >= 0.3 is 0 Å². The first-order valence-corrected chi connectivity index (χ1v) is 11.3. The number of carbonyl (C=O) groups excluding carboxylic acids is 1. The molecule has 3 aromatic rings. The van der Waals surface area contributed by atoms with E-state index in [4.69, 9.17) is 0 Å². The largest absolute Gasteiger partial charge is 0.300 e. The van der Waals surface area contributed by atoms with Crippen molar-refractivity contribution in [1.29, 1.82) is 0 Å². The smallest absolute Gasteiger partial charge is 0.133 e. The Morgan fingerprint density at radius 2 is 1.48 bits per heavy atom. The molecule has 1 fully saturated rings. The molecule has 5 atom stereocenters. The highest BCUT2D eigenvalue weighted by Crippen LogP contribution is 2.57. The van der Waals surface area contributed by atoms with Gasteiger partial charge in [-0.1, -0.05) is 82.6 Å². The summed E-state index contributed by atoms with van der Waals surface area (Å²) in [7, 11) is 0. The van der Waals surface area contributed by atoms with Gasteiger partial charge in [0.2, 0.25) is 0 Å². The maximum absolute atomic E-state index is 12.2. The number of hydrogen-bond acceptors (Lipinski definition) is 1. The molecular formula is C28H34O. The van der Waals surface area contributed by atoms with Gasteiger partial charge in [-0.2, -0.15) is 0 Å². The summed E-state index contributed by atoms with van der Waals surface area (Å²) in [5.41, 5.74) is 1.48. The molecular weight excluding hydrogens is 352 g/mol. The molecule has 0 aliphatic heterocycles. The van der Waals surface area contributed by atoms with Crippen molar-refractivity contribution in [3.05, 3.63) is 60.2 Å². The zero-order chi connectivity index (χ0) is 20.7. The first-order chi connectivity index (χ1) is 13.9. The molecule has 0 aromatic heterocycles. The van der Waals surface area contributed by atoms with Gasteiger partial charge in [-0.15, -0.1) is 0 Å². The SMILES string of the molecule is CCC1C(C(C)=O)C1[C@H](CC(C)c1c2ccccc2cc2ccccc12)C(C)C.